The number of hydrogen-bond donors (Lipinski definition) is 1. The molecule has 2 rings (SSSR count). The Morgan fingerprint density at radius 1 is 1.64 bits per heavy atom. The molecule has 2 heterocycles. The number of rotatable bonds is 0. The molecule has 1 amide bonds. The minimum absolute atomic E-state index is 0.146. The van der Waals surface area contributed by atoms with Crippen molar-refractivity contribution in [2.45, 2.75) is 13.1 Å². The Balaban J connectivity index is 2.42. The molecular weight excluding hydrogens is 144 g/mol. The summed E-state index contributed by atoms with van der Waals surface area (Å²) in [6, 6.07) is 0. The molecule has 0 fully saturated rings. The van der Waals surface area contributed by atoms with Crippen LogP contribution >= 0.6 is 0 Å². The first-order valence-corrected chi connectivity index (χ1v) is 3.23. The molecule has 5 heteroatoms. The van der Waals surface area contributed by atoms with Crippen LogP contribution in [0.4, 0.5) is 0 Å². The molecule has 0 radical (unpaired) electrons. The Morgan fingerprint density at radius 3 is 3.27 bits per heavy atom. The van der Waals surface area contributed by atoms with Crippen molar-refractivity contribution in [1.82, 2.24) is 5.32 Å². The number of nitrogens with zero attached hydrogens (tertiary/aromatic N) is 3. The molecule has 0 aliphatic carbocycles. The van der Waals surface area contributed by atoms with Gasteiger partial charge in [-0.3, -0.25) is 4.79 Å². The van der Waals surface area contributed by atoms with Gasteiger partial charge in [0.25, 0.3) is 5.91 Å². The highest BCUT2D eigenvalue weighted by molar-refractivity contribution is 6.08. The second kappa shape index (κ2) is 1.98. The van der Waals surface area contributed by atoms with Crippen LogP contribution in [0.2, 0.25) is 0 Å². The van der Waals surface area contributed by atoms with E-state index in [1.165, 1.54) is 6.20 Å². The molecule has 11 heavy (non-hydrogen) atoms. The van der Waals surface area contributed by atoms with E-state index in [1.54, 1.807) is 6.92 Å². The smallest absolute Gasteiger partial charge is 0.258 e. The second-order valence-corrected chi connectivity index (χ2v) is 2.36. The maximum Gasteiger partial charge on any atom is 0.258 e. The van der Waals surface area contributed by atoms with Gasteiger partial charge in [0.15, 0.2) is 6.17 Å². The van der Waals surface area contributed by atoms with Crippen molar-refractivity contribution < 1.29 is 4.79 Å². The Morgan fingerprint density at radius 2 is 2.45 bits per heavy atom. The van der Waals surface area contributed by atoms with E-state index in [0.29, 0.717) is 11.4 Å². The van der Waals surface area contributed by atoms with Gasteiger partial charge in [0, 0.05) is 0 Å². The number of amidine groups is 1. The van der Waals surface area contributed by atoms with Gasteiger partial charge < -0.3 is 5.32 Å². The van der Waals surface area contributed by atoms with Gasteiger partial charge in [0.2, 0.25) is 0 Å². The molecule has 5 nitrogen and oxygen atoms in total. The lowest BCUT2D eigenvalue weighted by atomic mass is 10.2. The molecule has 0 aromatic heterocycles. The number of amides is 1. The Labute approximate surface area is 62.9 Å². The van der Waals surface area contributed by atoms with Crippen molar-refractivity contribution in [3.05, 3.63) is 11.8 Å². The average molecular weight is 150 g/mol. The topological polar surface area (TPSA) is 66.2 Å². The van der Waals surface area contributed by atoms with E-state index >= 15 is 0 Å². The van der Waals surface area contributed by atoms with Crippen molar-refractivity contribution in [3.63, 3.8) is 0 Å². The first kappa shape index (κ1) is 6.21. The molecular formula is C6H6N4O. The molecule has 2 aliphatic heterocycles. The summed E-state index contributed by atoms with van der Waals surface area (Å²) in [5.41, 5.74) is 0.524. The van der Waals surface area contributed by atoms with Gasteiger partial charge in [0.05, 0.1) is 11.8 Å². The summed E-state index contributed by atoms with van der Waals surface area (Å²) >= 11 is 0. The van der Waals surface area contributed by atoms with Crippen molar-refractivity contribution in [2.24, 2.45) is 15.2 Å². The third kappa shape index (κ3) is 0.849. The highest BCUT2D eigenvalue weighted by atomic mass is 16.2. The summed E-state index contributed by atoms with van der Waals surface area (Å²) in [4.78, 5) is 15.2. The summed E-state index contributed by atoms with van der Waals surface area (Å²) in [5, 5.41) is 9.92. The molecule has 0 bridgehead atoms. The molecule has 0 saturated carbocycles. The highest BCUT2D eigenvalue weighted by Gasteiger charge is 2.27. The monoisotopic (exact) mass is 150 g/mol. The molecule has 1 atom stereocenters. The lowest BCUT2D eigenvalue weighted by molar-refractivity contribution is -0.116. The van der Waals surface area contributed by atoms with Gasteiger partial charge in [0.1, 0.15) is 5.84 Å². The first-order valence-electron chi connectivity index (χ1n) is 3.23. The van der Waals surface area contributed by atoms with Gasteiger partial charge in [-0.05, 0) is 6.92 Å². The molecule has 0 aromatic carbocycles. The second-order valence-electron chi connectivity index (χ2n) is 2.36. The maximum absolute atomic E-state index is 11.1. The van der Waals surface area contributed by atoms with Crippen molar-refractivity contribution in [1.29, 1.82) is 0 Å². The molecule has 0 saturated heterocycles. The van der Waals surface area contributed by atoms with Crippen LogP contribution in [-0.2, 0) is 4.79 Å². The molecule has 56 valence electrons. The summed E-state index contributed by atoms with van der Waals surface area (Å²) in [6.07, 6.45) is 1.05. The number of carbonyl (C=O) groups excluding carboxylic acids is 1. The Kier molecular flexibility index (Phi) is 1.12. The van der Waals surface area contributed by atoms with Crippen molar-refractivity contribution in [2.75, 3.05) is 0 Å². The zero-order valence-electron chi connectivity index (χ0n) is 5.90. The van der Waals surface area contributed by atoms with Crippen LogP contribution in [0.3, 0.4) is 0 Å². The number of hydrogen-bond acceptors (Lipinski definition) is 4. The van der Waals surface area contributed by atoms with E-state index in [1.807, 2.05) is 0 Å². The normalized spacial score (nSPS) is 27.4. The highest BCUT2D eigenvalue weighted by Crippen LogP contribution is 2.18. The summed E-state index contributed by atoms with van der Waals surface area (Å²) in [7, 11) is 0. The molecule has 1 N–H and O–H groups in total. The van der Waals surface area contributed by atoms with Crippen LogP contribution in [-0.4, -0.2) is 17.9 Å². The molecule has 2 aliphatic rings. The molecule has 1 unspecified atom stereocenters. The number of fused-ring (bicyclic) bond motifs is 1. The lowest BCUT2D eigenvalue weighted by Crippen LogP contribution is -2.37. The van der Waals surface area contributed by atoms with E-state index in [4.69, 9.17) is 0 Å². The first-order chi connectivity index (χ1) is 5.27. The van der Waals surface area contributed by atoms with E-state index in [9.17, 15) is 4.79 Å². The SMILES string of the molecule is CC1=NC2N=NC=C2C(=O)N1. The van der Waals surface area contributed by atoms with E-state index in [2.05, 4.69) is 20.5 Å². The van der Waals surface area contributed by atoms with E-state index < -0.39 is 0 Å². The van der Waals surface area contributed by atoms with Crippen molar-refractivity contribution in [3.8, 4) is 0 Å². The van der Waals surface area contributed by atoms with Gasteiger partial charge in [-0.1, -0.05) is 0 Å². The Hall–Kier alpha value is -1.52. The third-order valence-electron chi connectivity index (χ3n) is 1.52. The standard InChI is InChI=1S/C6H6N4O/c1-3-8-5-4(2-7-10-5)6(11)9-3/h2,5H,1H3,(H,8,9,11). The summed E-state index contributed by atoms with van der Waals surface area (Å²) in [6.45, 7) is 1.72. The largest absolute Gasteiger partial charge is 0.311 e. The van der Waals surface area contributed by atoms with Crippen LogP contribution in [0.5, 0.6) is 0 Å². The van der Waals surface area contributed by atoms with Crippen LogP contribution in [0.25, 0.3) is 0 Å². The van der Waals surface area contributed by atoms with Gasteiger partial charge in [-0.15, -0.1) is 0 Å². The fourth-order valence-electron chi connectivity index (χ4n) is 1.01. The van der Waals surface area contributed by atoms with Gasteiger partial charge in [-0.25, -0.2) is 4.99 Å². The van der Waals surface area contributed by atoms with Crippen LogP contribution in [0.15, 0.2) is 27.0 Å². The van der Waals surface area contributed by atoms with Crippen molar-refractivity contribution >= 4 is 11.7 Å². The minimum Gasteiger partial charge on any atom is -0.311 e. The number of azo groups is 1. The Bertz CT molecular complexity index is 302. The maximum atomic E-state index is 11.1. The predicted molar refractivity (Wildman–Crippen MR) is 38.0 cm³/mol. The van der Waals surface area contributed by atoms with E-state index in [-0.39, 0.29) is 12.1 Å². The number of aliphatic imine (C=N–C) groups is 1. The number of nitrogens with one attached hydrogen (secondary N) is 1. The fraction of sp³-hybridized carbons (Fsp3) is 0.333. The molecule has 0 aromatic rings. The summed E-state index contributed by atoms with van der Waals surface area (Å²) in [5.74, 6) is 0.450. The predicted octanol–water partition coefficient (Wildman–Crippen LogP) is 0.210. The zero-order chi connectivity index (χ0) is 7.84. The quantitative estimate of drug-likeness (QED) is 0.527. The van der Waals surface area contributed by atoms with E-state index in [0.717, 1.165) is 0 Å². The molecule has 0 spiro atoms. The lowest BCUT2D eigenvalue weighted by Gasteiger charge is -2.14. The van der Waals surface area contributed by atoms with Crippen LogP contribution in [0, 0.1) is 0 Å². The third-order valence-corrected chi connectivity index (χ3v) is 1.52. The fourth-order valence-corrected chi connectivity index (χ4v) is 1.01. The average Bonchev–Trinajstić information content (AvgIpc) is 2.34. The van der Waals surface area contributed by atoms with Crippen LogP contribution in [0.1, 0.15) is 6.92 Å². The number of carbonyl (C=O) groups is 1. The zero-order valence-corrected chi connectivity index (χ0v) is 5.90. The minimum atomic E-state index is -0.385. The summed E-state index contributed by atoms with van der Waals surface area (Å²) < 4.78 is 0. The van der Waals surface area contributed by atoms with Gasteiger partial charge >= 0.3 is 0 Å². The van der Waals surface area contributed by atoms with Crippen LogP contribution < -0.4 is 5.32 Å². The van der Waals surface area contributed by atoms with Gasteiger partial charge in [-0.2, -0.15) is 10.2 Å².